The van der Waals surface area contributed by atoms with E-state index in [9.17, 15) is 4.79 Å². The van der Waals surface area contributed by atoms with Crippen LogP contribution < -0.4 is 9.47 Å². The fraction of sp³-hybridized carbons (Fsp3) is 0.435. The lowest BCUT2D eigenvalue weighted by Crippen LogP contribution is -2.31. The summed E-state index contributed by atoms with van der Waals surface area (Å²) in [5, 5.41) is 0. The highest BCUT2D eigenvalue weighted by atomic mass is 16.7. The molecular formula is C23H25NO3. The molecule has 5 rings (SSSR count). The monoisotopic (exact) mass is 363 g/mol. The molecule has 1 saturated heterocycles. The number of ether oxygens (including phenoxy) is 2. The Kier molecular flexibility index (Phi) is 4.36. The van der Waals surface area contributed by atoms with Gasteiger partial charge in [0, 0.05) is 12.1 Å². The molecule has 4 nitrogen and oxygen atoms in total. The number of hydrogen-bond acceptors (Lipinski definition) is 4. The number of carbonyl (C=O) groups excluding carboxylic acids is 1. The van der Waals surface area contributed by atoms with Crippen LogP contribution in [0.15, 0.2) is 36.4 Å². The summed E-state index contributed by atoms with van der Waals surface area (Å²) in [4.78, 5) is 15.5. The Morgan fingerprint density at radius 1 is 0.963 bits per heavy atom. The lowest BCUT2D eigenvalue weighted by molar-refractivity contribution is 0.0972. The highest BCUT2D eigenvalue weighted by molar-refractivity contribution is 6.06. The van der Waals surface area contributed by atoms with Crippen LogP contribution in [0.1, 0.15) is 52.2 Å². The lowest BCUT2D eigenvalue weighted by Gasteiger charge is -2.26. The van der Waals surface area contributed by atoms with Gasteiger partial charge in [-0.3, -0.25) is 4.79 Å². The molecule has 0 spiro atoms. The molecule has 2 aromatic rings. The number of piperidine rings is 1. The second-order valence-corrected chi connectivity index (χ2v) is 7.88. The minimum absolute atomic E-state index is 0.0846. The fourth-order valence-electron chi connectivity index (χ4n) is 4.54. The van der Waals surface area contributed by atoms with Crippen LogP contribution in [-0.2, 0) is 12.8 Å². The van der Waals surface area contributed by atoms with E-state index in [0.29, 0.717) is 5.75 Å². The van der Waals surface area contributed by atoms with Crippen molar-refractivity contribution in [3.8, 4) is 11.5 Å². The number of likely N-dealkylation sites (tertiary alicyclic amines) is 1. The van der Waals surface area contributed by atoms with Crippen molar-refractivity contribution in [3.63, 3.8) is 0 Å². The highest BCUT2D eigenvalue weighted by Gasteiger charge is 2.34. The fourth-order valence-corrected chi connectivity index (χ4v) is 4.54. The van der Waals surface area contributed by atoms with Crippen molar-refractivity contribution in [2.75, 3.05) is 26.4 Å². The first-order chi connectivity index (χ1) is 13.3. The van der Waals surface area contributed by atoms with Crippen molar-refractivity contribution >= 4 is 5.78 Å². The minimum Gasteiger partial charge on any atom is -0.454 e. The third-order valence-electron chi connectivity index (χ3n) is 6.15. The van der Waals surface area contributed by atoms with E-state index in [4.69, 9.17) is 9.47 Å². The zero-order valence-corrected chi connectivity index (χ0v) is 15.6. The summed E-state index contributed by atoms with van der Waals surface area (Å²) in [6.07, 6.45) is 5.88. The van der Waals surface area contributed by atoms with Gasteiger partial charge in [-0.05, 0) is 67.6 Å². The van der Waals surface area contributed by atoms with Crippen molar-refractivity contribution in [2.24, 2.45) is 0 Å². The maximum Gasteiger partial charge on any atom is 0.231 e. The normalized spacial score (nSPS) is 21.5. The van der Waals surface area contributed by atoms with Gasteiger partial charge in [-0.2, -0.15) is 0 Å². The minimum atomic E-state index is -0.0846. The molecule has 0 bridgehead atoms. The quantitative estimate of drug-likeness (QED) is 0.824. The molecule has 2 heterocycles. The molecule has 3 aliphatic rings. The van der Waals surface area contributed by atoms with E-state index in [1.807, 2.05) is 12.1 Å². The van der Waals surface area contributed by atoms with Crippen LogP contribution in [0.4, 0.5) is 0 Å². The maximum absolute atomic E-state index is 12.9. The van der Waals surface area contributed by atoms with Gasteiger partial charge >= 0.3 is 0 Å². The predicted octanol–water partition coefficient (Wildman–Crippen LogP) is 3.97. The van der Waals surface area contributed by atoms with Gasteiger partial charge in [-0.1, -0.05) is 30.7 Å². The lowest BCUT2D eigenvalue weighted by atomic mass is 9.94. The molecule has 140 valence electrons. The zero-order valence-electron chi connectivity index (χ0n) is 15.6. The first-order valence-corrected chi connectivity index (χ1v) is 10.1. The van der Waals surface area contributed by atoms with E-state index in [1.165, 1.54) is 37.9 Å². The van der Waals surface area contributed by atoms with E-state index in [2.05, 4.69) is 29.2 Å². The van der Waals surface area contributed by atoms with Gasteiger partial charge < -0.3 is 14.4 Å². The summed E-state index contributed by atoms with van der Waals surface area (Å²) in [6.45, 7) is 3.86. The van der Waals surface area contributed by atoms with Crippen molar-refractivity contribution in [1.29, 1.82) is 0 Å². The highest BCUT2D eigenvalue weighted by Crippen LogP contribution is 2.42. The third-order valence-corrected chi connectivity index (χ3v) is 6.15. The van der Waals surface area contributed by atoms with Crippen LogP contribution >= 0.6 is 0 Å². The number of fused-ring (bicyclic) bond motifs is 2. The van der Waals surface area contributed by atoms with Gasteiger partial charge in [0.1, 0.15) is 0 Å². The summed E-state index contributed by atoms with van der Waals surface area (Å²) in [6, 6.07) is 12.5. The third kappa shape index (κ3) is 3.23. The van der Waals surface area contributed by atoms with Gasteiger partial charge in [0.05, 0.1) is 5.92 Å². The number of carbonyl (C=O) groups is 1. The van der Waals surface area contributed by atoms with Gasteiger partial charge in [0.15, 0.2) is 17.3 Å². The van der Waals surface area contributed by atoms with E-state index >= 15 is 0 Å². The second-order valence-electron chi connectivity index (χ2n) is 7.88. The second kappa shape index (κ2) is 7.01. The Bertz CT molecular complexity index is 853. The number of benzene rings is 2. The number of rotatable bonds is 4. The Morgan fingerprint density at radius 2 is 1.70 bits per heavy atom. The Labute approximate surface area is 160 Å². The molecule has 0 radical (unpaired) electrons. The van der Waals surface area contributed by atoms with E-state index in [-0.39, 0.29) is 18.5 Å². The molecule has 1 atom stereocenters. The first kappa shape index (κ1) is 16.8. The molecule has 2 aliphatic heterocycles. The van der Waals surface area contributed by atoms with E-state index in [0.717, 1.165) is 41.8 Å². The summed E-state index contributed by atoms with van der Waals surface area (Å²) in [7, 11) is 0. The number of nitrogens with zero attached hydrogens (tertiary/aromatic N) is 1. The van der Waals surface area contributed by atoms with Gasteiger partial charge in [-0.15, -0.1) is 0 Å². The summed E-state index contributed by atoms with van der Waals surface area (Å²) < 4.78 is 10.9. The standard InChI is InChI=1S/C23H25NO3/c25-23-19(12-18-13-21-22(14-20(18)23)27-15-26-21)17-6-4-16(5-7-17)8-11-24-9-2-1-3-10-24/h4-7,13-14,19H,1-3,8-12,15H2. The molecule has 0 aromatic heterocycles. The van der Waals surface area contributed by atoms with Gasteiger partial charge in [0.25, 0.3) is 0 Å². The molecule has 0 saturated carbocycles. The van der Waals surface area contributed by atoms with Gasteiger partial charge in [0.2, 0.25) is 6.79 Å². The summed E-state index contributed by atoms with van der Waals surface area (Å²) in [5.74, 6) is 1.56. The van der Waals surface area contributed by atoms with Crippen molar-refractivity contribution in [3.05, 3.63) is 58.7 Å². The van der Waals surface area contributed by atoms with E-state index in [1.54, 1.807) is 0 Å². The molecule has 2 aromatic carbocycles. The Balaban J connectivity index is 1.27. The van der Waals surface area contributed by atoms with Crippen LogP contribution in [0.2, 0.25) is 0 Å². The number of Topliss-reactive ketones (excluding diaryl/α,β-unsaturated/α-hetero) is 1. The molecule has 0 amide bonds. The van der Waals surface area contributed by atoms with Crippen molar-refractivity contribution in [2.45, 2.75) is 38.0 Å². The SMILES string of the molecule is O=C1c2cc3c(cc2CC1c1ccc(CCN2CCCCC2)cc1)OCO3. The van der Waals surface area contributed by atoms with Crippen molar-refractivity contribution in [1.82, 2.24) is 4.90 Å². The maximum atomic E-state index is 12.9. The predicted molar refractivity (Wildman–Crippen MR) is 104 cm³/mol. The average Bonchev–Trinajstić information content (AvgIpc) is 3.30. The molecule has 27 heavy (non-hydrogen) atoms. The van der Waals surface area contributed by atoms with Crippen LogP contribution in [0.3, 0.4) is 0 Å². The van der Waals surface area contributed by atoms with Crippen LogP contribution in [0.25, 0.3) is 0 Å². The first-order valence-electron chi connectivity index (χ1n) is 10.1. The zero-order chi connectivity index (χ0) is 18.2. The van der Waals surface area contributed by atoms with Crippen LogP contribution in [0, 0.1) is 0 Å². The van der Waals surface area contributed by atoms with Gasteiger partial charge in [-0.25, -0.2) is 0 Å². The van der Waals surface area contributed by atoms with Crippen LogP contribution in [-0.4, -0.2) is 37.1 Å². The number of hydrogen-bond donors (Lipinski definition) is 0. The van der Waals surface area contributed by atoms with Crippen molar-refractivity contribution < 1.29 is 14.3 Å². The number of ketones is 1. The molecule has 1 fully saturated rings. The molecule has 4 heteroatoms. The molecule has 0 N–H and O–H groups in total. The molecule has 1 aliphatic carbocycles. The van der Waals surface area contributed by atoms with Crippen LogP contribution in [0.5, 0.6) is 11.5 Å². The molecule has 1 unspecified atom stereocenters. The summed E-state index contributed by atoms with van der Waals surface area (Å²) in [5.41, 5.74) is 4.33. The van der Waals surface area contributed by atoms with E-state index < -0.39 is 0 Å². The smallest absolute Gasteiger partial charge is 0.231 e. The summed E-state index contributed by atoms with van der Waals surface area (Å²) >= 11 is 0. The largest absolute Gasteiger partial charge is 0.454 e. The molecular weight excluding hydrogens is 338 g/mol. The topological polar surface area (TPSA) is 38.8 Å². The Morgan fingerprint density at radius 3 is 2.48 bits per heavy atom. The average molecular weight is 363 g/mol. The Hall–Kier alpha value is -2.33.